The highest BCUT2D eigenvalue weighted by atomic mass is 16.5. The molecule has 0 radical (unpaired) electrons. The molecule has 2 aromatic carbocycles. The monoisotopic (exact) mass is 411 g/mol. The number of aryl methyl sites for hydroxylation is 1. The summed E-state index contributed by atoms with van der Waals surface area (Å²) < 4.78 is 11.4. The van der Waals surface area contributed by atoms with Gasteiger partial charge in [0.15, 0.2) is 12.7 Å². The number of hydrogen-bond donors (Lipinski definition) is 1. The van der Waals surface area contributed by atoms with Crippen molar-refractivity contribution in [2.75, 3.05) is 44.0 Å². The lowest BCUT2D eigenvalue weighted by atomic mass is 10.1. The van der Waals surface area contributed by atoms with Crippen molar-refractivity contribution in [3.8, 4) is 11.5 Å². The van der Waals surface area contributed by atoms with Gasteiger partial charge in [-0.15, -0.1) is 0 Å². The van der Waals surface area contributed by atoms with Crippen molar-refractivity contribution in [2.24, 2.45) is 0 Å². The first-order chi connectivity index (χ1) is 14.3. The van der Waals surface area contributed by atoms with Crippen LogP contribution in [0.2, 0.25) is 0 Å². The summed E-state index contributed by atoms with van der Waals surface area (Å²) >= 11 is 0. The fraction of sp³-hybridized carbons (Fsp3) is 0.391. The lowest BCUT2D eigenvalue weighted by Gasteiger charge is -2.34. The fourth-order valence-corrected chi connectivity index (χ4v) is 3.24. The topological polar surface area (TPSA) is 71.1 Å². The highest BCUT2D eigenvalue weighted by molar-refractivity contribution is 6.01. The van der Waals surface area contributed by atoms with Crippen molar-refractivity contribution in [1.82, 2.24) is 4.90 Å². The fourth-order valence-electron chi connectivity index (χ4n) is 3.24. The van der Waals surface area contributed by atoms with Crippen LogP contribution in [0.1, 0.15) is 18.1 Å². The molecular weight excluding hydrogens is 382 g/mol. The number of nitrogens with zero attached hydrogens (tertiary/aromatic N) is 2. The van der Waals surface area contributed by atoms with Crippen LogP contribution in [-0.2, 0) is 9.59 Å². The van der Waals surface area contributed by atoms with Crippen molar-refractivity contribution in [2.45, 2.75) is 26.9 Å². The zero-order valence-corrected chi connectivity index (χ0v) is 18.2. The number of carbonyl (C=O) groups excluding carboxylic acids is 2. The third kappa shape index (κ3) is 4.91. The van der Waals surface area contributed by atoms with Gasteiger partial charge in [0.2, 0.25) is 0 Å². The molecule has 0 spiro atoms. The van der Waals surface area contributed by atoms with Crippen molar-refractivity contribution < 1.29 is 19.1 Å². The smallest absolute Gasteiger partial charge is 0.267 e. The summed E-state index contributed by atoms with van der Waals surface area (Å²) in [6, 6.07) is 11.1. The van der Waals surface area contributed by atoms with Gasteiger partial charge in [-0.05, 0) is 70.3 Å². The summed E-state index contributed by atoms with van der Waals surface area (Å²) in [5.41, 5.74) is 3.37. The molecule has 7 nitrogen and oxygen atoms in total. The number of benzene rings is 2. The van der Waals surface area contributed by atoms with Crippen LogP contribution in [0.3, 0.4) is 0 Å². The van der Waals surface area contributed by atoms with E-state index >= 15 is 0 Å². The second-order valence-electron chi connectivity index (χ2n) is 7.77. The minimum atomic E-state index is -0.536. The Bertz CT molecular complexity index is 942. The van der Waals surface area contributed by atoms with E-state index in [0.29, 0.717) is 29.4 Å². The summed E-state index contributed by atoms with van der Waals surface area (Å²) in [5, 5.41) is 2.84. The van der Waals surface area contributed by atoms with Crippen LogP contribution in [0.4, 0.5) is 11.4 Å². The second-order valence-corrected chi connectivity index (χ2v) is 7.77. The lowest BCUT2D eigenvalue weighted by Crippen LogP contribution is -2.46. The van der Waals surface area contributed by atoms with E-state index in [9.17, 15) is 9.59 Å². The Balaban J connectivity index is 1.71. The van der Waals surface area contributed by atoms with Gasteiger partial charge in [0.05, 0.1) is 5.69 Å². The zero-order chi connectivity index (χ0) is 21.8. The van der Waals surface area contributed by atoms with Gasteiger partial charge >= 0.3 is 0 Å². The van der Waals surface area contributed by atoms with Crippen molar-refractivity contribution in [1.29, 1.82) is 0 Å². The molecule has 30 heavy (non-hydrogen) atoms. The highest BCUT2D eigenvalue weighted by Crippen LogP contribution is 2.36. The average Bonchev–Trinajstić information content (AvgIpc) is 2.69. The number of nitrogens with one attached hydrogen (secondary N) is 1. The molecule has 3 rings (SSSR count). The Morgan fingerprint density at radius 3 is 2.73 bits per heavy atom. The zero-order valence-electron chi connectivity index (χ0n) is 18.2. The van der Waals surface area contributed by atoms with Gasteiger partial charge in [-0.1, -0.05) is 12.1 Å². The Labute approximate surface area is 177 Å². The van der Waals surface area contributed by atoms with Gasteiger partial charge in [0.25, 0.3) is 11.8 Å². The lowest BCUT2D eigenvalue weighted by molar-refractivity contribution is -0.125. The van der Waals surface area contributed by atoms with Crippen LogP contribution in [0, 0.1) is 13.8 Å². The number of carbonyl (C=O) groups is 2. The minimum Gasteiger partial charge on any atom is -0.483 e. The number of ether oxygens (including phenoxy) is 2. The largest absolute Gasteiger partial charge is 0.483 e. The van der Waals surface area contributed by atoms with Crippen LogP contribution in [0.5, 0.6) is 11.5 Å². The highest BCUT2D eigenvalue weighted by Gasteiger charge is 2.31. The minimum absolute atomic E-state index is 0.0916. The Kier molecular flexibility index (Phi) is 6.62. The summed E-state index contributed by atoms with van der Waals surface area (Å²) in [6.45, 7) is 6.87. The van der Waals surface area contributed by atoms with Crippen molar-refractivity contribution in [3.63, 3.8) is 0 Å². The molecule has 160 valence electrons. The third-order valence-electron chi connectivity index (χ3n) is 5.14. The first-order valence-corrected chi connectivity index (χ1v) is 10.0. The molecule has 1 unspecified atom stereocenters. The molecule has 0 saturated heterocycles. The van der Waals surface area contributed by atoms with Gasteiger partial charge in [-0.2, -0.15) is 0 Å². The van der Waals surface area contributed by atoms with Crippen LogP contribution in [-0.4, -0.2) is 56.6 Å². The van der Waals surface area contributed by atoms with Gasteiger partial charge in [0.1, 0.15) is 11.5 Å². The van der Waals surface area contributed by atoms with E-state index in [4.69, 9.17) is 9.47 Å². The SMILES string of the molecule is Cc1cccc(OCC(=O)Nc2ccc3c(c2)N(CCN(C)C)C(=O)C(C)O3)c1C. The first-order valence-electron chi connectivity index (χ1n) is 10.0. The molecule has 0 fully saturated rings. The van der Waals surface area contributed by atoms with Crippen molar-refractivity contribution in [3.05, 3.63) is 47.5 Å². The van der Waals surface area contributed by atoms with Gasteiger partial charge in [-0.3, -0.25) is 9.59 Å². The van der Waals surface area contributed by atoms with E-state index in [0.717, 1.165) is 17.7 Å². The van der Waals surface area contributed by atoms with E-state index < -0.39 is 6.10 Å². The van der Waals surface area contributed by atoms with Crippen LogP contribution in [0.15, 0.2) is 36.4 Å². The number of fused-ring (bicyclic) bond motifs is 1. The molecule has 1 atom stereocenters. The molecule has 7 heteroatoms. The summed E-state index contributed by atoms with van der Waals surface area (Å²) in [4.78, 5) is 28.8. The molecule has 0 bridgehead atoms. The third-order valence-corrected chi connectivity index (χ3v) is 5.14. The number of amides is 2. The molecule has 2 aromatic rings. The van der Waals surface area contributed by atoms with Gasteiger partial charge < -0.3 is 24.6 Å². The Hall–Kier alpha value is -3.06. The molecule has 0 aromatic heterocycles. The first kappa shape index (κ1) is 21.6. The number of likely N-dealkylation sites (N-methyl/N-ethyl adjacent to an activating group) is 1. The van der Waals surface area contributed by atoms with Crippen LogP contribution in [0.25, 0.3) is 0 Å². The van der Waals surface area contributed by atoms with E-state index in [-0.39, 0.29) is 18.4 Å². The van der Waals surface area contributed by atoms with E-state index in [1.54, 1.807) is 30.0 Å². The summed E-state index contributed by atoms with van der Waals surface area (Å²) in [7, 11) is 3.92. The maximum atomic E-state index is 12.6. The normalized spacial score (nSPS) is 15.6. The molecular formula is C23H29N3O4. The maximum Gasteiger partial charge on any atom is 0.267 e. The second kappa shape index (κ2) is 9.17. The van der Waals surface area contributed by atoms with Gasteiger partial charge in [0, 0.05) is 18.8 Å². The number of anilines is 2. The van der Waals surface area contributed by atoms with Crippen LogP contribution >= 0.6 is 0 Å². The molecule has 2 amide bonds. The predicted octanol–water partition coefficient (Wildman–Crippen LogP) is 3.00. The molecule has 1 aliphatic rings. The standard InChI is InChI=1S/C23H29N3O4/c1-15-7-6-8-20(16(15)2)29-14-22(27)24-18-9-10-21-19(13-18)26(12-11-25(4)5)23(28)17(3)30-21/h6-10,13,17H,11-12,14H2,1-5H3,(H,24,27). The molecule has 0 saturated carbocycles. The molecule has 1 aliphatic heterocycles. The quantitative estimate of drug-likeness (QED) is 0.758. The molecule has 1 heterocycles. The summed E-state index contributed by atoms with van der Waals surface area (Å²) in [5.74, 6) is 0.960. The predicted molar refractivity (Wildman–Crippen MR) is 117 cm³/mol. The van der Waals surface area contributed by atoms with E-state index in [2.05, 4.69) is 5.32 Å². The average molecular weight is 412 g/mol. The van der Waals surface area contributed by atoms with E-state index in [1.165, 1.54) is 0 Å². The van der Waals surface area contributed by atoms with Crippen LogP contribution < -0.4 is 19.7 Å². The molecule has 0 aliphatic carbocycles. The van der Waals surface area contributed by atoms with Gasteiger partial charge in [-0.25, -0.2) is 0 Å². The van der Waals surface area contributed by atoms with Crippen molar-refractivity contribution >= 4 is 23.2 Å². The molecule has 1 N–H and O–H groups in total. The maximum absolute atomic E-state index is 12.6. The number of hydrogen-bond acceptors (Lipinski definition) is 5. The van der Waals surface area contributed by atoms with E-state index in [1.807, 2.05) is 51.0 Å². The Morgan fingerprint density at radius 1 is 1.23 bits per heavy atom. The summed E-state index contributed by atoms with van der Waals surface area (Å²) in [6.07, 6.45) is -0.536. The number of rotatable bonds is 7. The Morgan fingerprint density at radius 2 is 2.00 bits per heavy atom.